The Balaban J connectivity index is 1.56. The van der Waals surface area contributed by atoms with Crippen LogP contribution in [0.25, 0.3) is 0 Å². The summed E-state index contributed by atoms with van der Waals surface area (Å²) in [6, 6.07) is 9.44. The van der Waals surface area contributed by atoms with Crippen LogP contribution in [0.2, 0.25) is 0 Å². The number of aliphatic imine (C=N–C) groups is 1. The van der Waals surface area contributed by atoms with Crippen LogP contribution in [0.4, 0.5) is 4.39 Å². The van der Waals surface area contributed by atoms with E-state index in [1.54, 1.807) is 24.4 Å². The second-order valence-corrected chi connectivity index (χ2v) is 7.99. The molecule has 1 aromatic heterocycles. The van der Waals surface area contributed by atoms with Gasteiger partial charge in [-0.3, -0.25) is 4.90 Å². The van der Waals surface area contributed by atoms with E-state index in [-0.39, 0.29) is 5.82 Å². The summed E-state index contributed by atoms with van der Waals surface area (Å²) >= 11 is 0. The van der Waals surface area contributed by atoms with E-state index in [1.165, 1.54) is 12.1 Å². The molecule has 2 heterocycles. The number of aromatic nitrogens is 1. The number of nitrogens with zero attached hydrogens (tertiary/aromatic N) is 3. The van der Waals surface area contributed by atoms with Gasteiger partial charge in [-0.2, -0.15) is 0 Å². The van der Waals surface area contributed by atoms with Crippen molar-refractivity contribution >= 4 is 5.96 Å². The number of halogens is 1. The number of morpholine rings is 1. The summed E-state index contributed by atoms with van der Waals surface area (Å²) in [4.78, 5) is 11.0. The number of guanidine groups is 1. The van der Waals surface area contributed by atoms with Gasteiger partial charge in [0.2, 0.25) is 5.88 Å². The van der Waals surface area contributed by atoms with E-state index in [9.17, 15) is 9.50 Å². The van der Waals surface area contributed by atoms with Crippen LogP contribution in [0.3, 0.4) is 0 Å². The number of aliphatic hydroxyl groups is 1. The Morgan fingerprint density at radius 2 is 2.00 bits per heavy atom. The molecule has 32 heavy (non-hydrogen) atoms. The lowest BCUT2D eigenvalue weighted by atomic mass is 10.1. The molecule has 1 fully saturated rings. The molecule has 1 saturated heterocycles. The first kappa shape index (κ1) is 23.9. The lowest BCUT2D eigenvalue weighted by molar-refractivity contribution is -0.0201. The van der Waals surface area contributed by atoms with Crippen molar-refractivity contribution in [2.45, 2.75) is 26.0 Å². The molecule has 2 aromatic rings. The first-order chi connectivity index (χ1) is 15.4. The zero-order chi connectivity index (χ0) is 22.8. The third kappa shape index (κ3) is 8.07. The first-order valence-electron chi connectivity index (χ1n) is 10.9. The molecule has 0 radical (unpaired) electrons. The number of benzene rings is 1. The SMILES string of the molecule is CCNC(=NCc1ccnc(Oc2ccc(F)cc2)c1)NCC(C)(O)CN1CCOCC1. The minimum atomic E-state index is -0.902. The van der Waals surface area contributed by atoms with Gasteiger partial charge in [-0.1, -0.05) is 0 Å². The molecule has 0 spiro atoms. The average molecular weight is 446 g/mol. The third-order valence-electron chi connectivity index (χ3n) is 4.90. The van der Waals surface area contributed by atoms with Crippen molar-refractivity contribution in [3.05, 3.63) is 54.0 Å². The van der Waals surface area contributed by atoms with Crippen LogP contribution in [0.5, 0.6) is 11.6 Å². The highest BCUT2D eigenvalue weighted by molar-refractivity contribution is 5.79. The van der Waals surface area contributed by atoms with E-state index < -0.39 is 5.60 Å². The van der Waals surface area contributed by atoms with Gasteiger partial charge in [-0.15, -0.1) is 0 Å². The van der Waals surface area contributed by atoms with Gasteiger partial charge in [0.1, 0.15) is 11.6 Å². The second-order valence-electron chi connectivity index (χ2n) is 7.99. The predicted octanol–water partition coefficient (Wildman–Crippen LogP) is 2.15. The Labute approximate surface area is 188 Å². The fourth-order valence-corrected chi connectivity index (χ4v) is 3.31. The molecule has 3 N–H and O–H groups in total. The standard InChI is InChI=1S/C23H32FN5O3/c1-3-25-22(28-16-23(2,30)17-29-10-12-31-13-11-29)27-15-18-8-9-26-21(14-18)32-20-6-4-19(24)5-7-20/h4-9,14,30H,3,10-13,15-17H2,1-2H3,(H2,25,27,28). The molecule has 0 saturated carbocycles. The van der Waals surface area contributed by atoms with Crippen LogP contribution >= 0.6 is 0 Å². The van der Waals surface area contributed by atoms with E-state index in [2.05, 4.69) is 25.5 Å². The quantitative estimate of drug-likeness (QED) is 0.402. The van der Waals surface area contributed by atoms with Crippen LogP contribution < -0.4 is 15.4 Å². The summed E-state index contributed by atoms with van der Waals surface area (Å²) in [5, 5.41) is 17.2. The molecule has 1 aromatic carbocycles. The molecule has 1 aliphatic rings. The zero-order valence-electron chi connectivity index (χ0n) is 18.7. The van der Waals surface area contributed by atoms with Crippen LogP contribution in [-0.2, 0) is 11.3 Å². The summed E-state index contributed by atoms with van der Waals surface area (Å²) < 4.78 is 24.1. The van der Waals surface area contributed by atoms with Crippen molar-refractivity contribution in [1.82, 2.24) is 20.5 Å². The van der Waals surface area contributed by atoms with Crippen LogP contribution in [0, 0.1) is 5.82 Å². The average Bonchev–Trinajstić information content (AvgIpc) is 2.78. The van der Waals surface area contributed by atoms with E-state index in [0.29, 0.717) is 57.0 Å². The fourth-order valence-electron chi connectivity index (χ4n) is 3.31. The van der Waals surface area contributed by atoms with Gasteiger partial charge in [-0.05, 0) is 49.7 Å². The number of ether oxygens (including phenoxy) is 2. The van der Waals surface area contributed by atoms with Gasteiger partial charge < -0.3 is 25.2 Å². The molecule has 174 valence electrons. The molecule has 8 nitrogen and oxygen atoms in total. The summed E-state index contributed by atoms with van der Waals surface area (Å²) in [5.74, 6) is 1.22. The van der Waals surface area contributed by atoms with Gasteiger partial charge in [0.25, 0.3) is 0 Å². The van der Waals surface area contributed by atoms with E-state index in [0.717, 1.165) is 18.7 Å². The number of hydrogen-bond donors (Lipinski definition) is 3. The maximum absolute atomic E-state index is 13.1. The van der Waals surface area contributed by atoms with E-state index >= 15 is 0 Å². The van der Waals surface area contributed by atoms with Crippen LogP contribution in [0.1, 0.15) is 19.4 Å². The molecular formula is C23H32FN5O3. The van der Waals surface area contributed by atoms with Crippen molar-refractivity contribution in [2.24, 2.45) is 4.99 Å². The van der Waals surface area contributed by atoms with Crippen LogP contribution in [0.15, 0.2) is 47.6 Å². The Morgan fingerprint density at radius 1 is 1.25 bits per heavy atom. The molecule has 1 atom stereocenters. The van der Waals surface area contributed by atoms with Gasteiger partial charge in [0, 0.05) is 45.0 Å². The van der Waals surface area contributed by atoms with Crippen molar-refractivity contribution in [1.29, 1.82) is 0 Å². The Hall–Kier alpha value is -2.75. The minimum absolute atomic E-state index is 0.319. The summed E-state index contributed by atoms with van der Waals surface area (Å²) in [7, 11) is 0. The smallest absolute Gasteiger partial charge is 0.219 e. The highest BCUT2D eigenvalue weighted by atomic mass is 19.1. The number of pyridine rings is 1. The van der Waals surface area contributed by atoms with Crippen molar-refractivity contribution in [3.63, 3.8) is 0 Å². The summed E-state index contributed by atoms with van der Waals surface area (Å²) in [6.07, 6.45) is 1.65. The molecular weight excluding hydrogens is 413 g/mol. The van der Waals surface area contributed by atoms with E-state index in [4.69, 9.17) is 9.47 Å². The molecule has 9 heteroatoms. The maximum atomic E-state index is 13.1. The molecule has 1 aliphatic heterocycles. The van der Waals surface area contributed by atoms with Crippen molar-refractivity contribution in [3.8, 4) is 11.6 Å². The lowest BCUT2D eigenvalue weighted by Gasteiger charge is -2.34. The van der Waals surface area contributed by atoms with Gasteiger partial charge in [0.15, 0.2) is 5.96 Å². The Morgan fingerprint density at radius 3 is 2.72 bits per heavy atom. The Kier molecular flexibility index (Phi) is 8.78. The predicted molar refractivity (Wildman–Crippen MR) is 121 cm³/mol. The third-order valence-corrected chi connectivity index (χ3v) is 4.90. The van der Waals surface area contributed by atoms with Crippen molar-refractivity contribution < 1.29 is 19.0 Å². The van der Waals surface area contributed by atoms with Gasteiger partial charge in [0.05, 0.1) is 25.4 Å². The number of β-amino-alcohol motifs (C(OH)–C–C–N with tert-alkyl or cyclic N) is 1. The lowest BCUT2D eigenvalue weighted by Crippen LogP contribution is -2.52. The highest BCUT2D eigenvalue weighted by Crippen LogP contribution is 2.20. The van der Waals surface area contributed by atoms with E-state index in [1.807, 2.05) is 19.9 Å². The largest absolute Gasteiger partial charge is 0.439 e. The monoisotopic (exact) mass is 445 g/mol. The first-order valence-corrected chi connectivity index (χ1v) is 10.9. The summed E-state index contributed by atoms with van der Waals surface area (Å²) in [5.41, 5.74) is 0.00906. The fraction of sp³-hybridized carbons (Fsp3) is 0.478. The molecule has 0 bridgehead atoms. The van der Waals surface area contributed by atoms with Gasteiger partial charge in [-0.25, -0.2) is 14.4 Å². The van der Waals surface area contributed by atoms with Crippen molar-refractivity contribution in [2.75, 3.05) is 45.9 Å². The molecule has 0 aliphatic carbocycles. The maximum Gasteiger partial charge on any atom is 0.219 e. The number of hydrogen-bond acceptors (Lipinski definition) is 6. The second kappa shape index (κ2) is 11.8. The Bertz CT molecular complexity index is 870. The van der Waals surface area contributed by atoms with Gasteiger partial charge >= 0.3 is 0 Å². The van der Waals surface area contributed by atoms with Crippen LogP contribution in [-0.4, -0.2) is 72.5 Å². The normalized spacial score (nSPS) is 16.9. The number of nitrogens with one attached hydrogen (secondary N) is 2. The zero-order valence-corrected chi connectivity index (χ0v) is 18.7. The highest BCUT2D eigenvalue weighted by Gasteiger charge is 2.25. The minimum Gasteiger partial charge on any atom is -0.439 e. The number of rotatable bonds is 9. The molecule has 0 amide bonds. The molecule has 3 rings (SSSR count). The summed E-state index contributed by atoms with van der Waals surface area (Å²) in [6.45, 7) is 8.91. The molecule has 1 unspecified atom stereocenters. The topological polar surface area (TPSA) is 91.2 Å².